The lowest BCUT2D eigenvalue weighted by Crippen LogP contribution is -2.05. The Morgan fingerprint density at radius 2 is 2.10 bits per heavy atom. The van der Waals surface area contributed by atoms with Crippen molar-refractivity contribution in [2.75, 3.05) is 5.73 Å². The minimum atomic E-state index is -0.418. The molecule has 1 heterocycles. The normalized spacial score (nSPS) is 15.7. The van der Waals surface area contributed by atoms with Crippen LogP contribution in [-0.4, -0.2) is 20.2 Å². The first kappa shape index (κ1) is 14.0. The molecule has 21 heavy (non-hydrogen) atoms. The summed E-state index contributed by atoms with van der Waals surface area (Å²) >= 11 is 0. The van der Waals surface area contributed by atoms with Gasteiger partial charge in [-0.25, -0.2) is 9.07 Å². The SMILES string of the molecule is Nc1cc(-c2nnnn2CCCC2CCCC2)ccc1F. The van der Waals surface area contributed by atoms with E-state index in [-0.39, 0.29) is 5.69 Å². The predicted molar refractivity (Wildman–Crippen MR) is 78.8 cm³/mol. The number of tetrazole rings is 1. The van der Waals surface area contributed by atoms with Crippen LogP contribution in [0.2, 0.25) is 0 Å². The zero-order valence-electron chi connectivity index (χ0n) is 12.0. The summed E-state index contributed by atoms with van der Waals surface area (Å²) in [6, 6.07) is 4.58. The van der Waals surface area contributed by atoms with E-state index in [0.29, 0.717) is 5.82 Å². The van der Waals surface area contributed by atoms with E-state index in [2.05, 4.69) is 15.5 Å². The van der Waals surface area contributed by atoms with Crippen molar-refractivity contribution in [3.8, 4) is 11.4 Å². The molecule has 1 saturated carbocycles. The van der Waals surface area contributed by atoms with Gasteiger partial charge in [-0.15, -0.1) is 5.10 Å². The maximum absolute atomic E-state index is 13.2. The number of anilines is 1. The lowest BCUT2D eigenvalue weighted by atomic mass is 10.0. The first-order valence-corrected chi connectivity index (χ1v) is 7.55. The van der Waals surface area contributed by atoms with Gasteiger partial charge in [-0.3, -0.25) is 0 Å². The Morgan fingerprint density at radius 1 is 1.29 bits per heavy atom. The standard InChI is InChI=1S/C15H20FN5/c16-13-8-7-12(10-14(13)17)15-18-19-20-21(15)9-3-6-11-4-1-2-5-11/h7-8,10-11H,1-6,9,17H2. The van der Waals surface area contributed by atoms with Gasteiger partial charge in [0, 0.05) is 12.1 Å². The highest BCUT2D eigenvalue weighted by molar-refractivity contribution is 5.61. The molecule has 0 spiro atoms. The highest BCUT2D eigenvalue weighted by Crippen LogP contribution is 2.29. The third kappa shape index (κ3) is 3.20. The first-order valence-electron chi connectivity index (χ1n) is 7.55. The van der Waals surface area contributed by atoms with Gasteiger partial charge in [-0.1, -0.05) is 25.7 Å². The number of nitrogens with zero attached hydrogens (tertiary/aromatic N) is 4. The van der Waals surface area contributed by atoms with Gasteiger partial charge in [0.15, 0.2) is 5.82 Å². The first-order chi connectivity index (χ1) is 10.2. The average Bonchev–Trinajstić information content (AvgIpc) is 3.13. The fraction of sp³-hybridized carbons (Fsp3) is 0.533. The predicted octanol–water partition coefficient (Wildman–Crippen LogP) is 3.03. The Labute approximate surface area is 123 Å². The third-order valence-corrected chi connectivity index (χ3v) is 4.24. The second-order valence-electron chi connectivity index (χ2n) is 5.75. The van der Waals surface area contributed by atoms with E-state index in [1.54, 1.807) is 16.8 Å². The van der Waals surface area contributed by atoms with Crippen LogP contribution in [0, 0.1) is 11.7 Å². The van der Waals surface area contributed by atoms with Gasteiger partial charge in [-0.05, 0) is 47.4 Å². The number of nitrogens with two attached hydrogens (primary N) is 1. The molecule has 0 atom stereocenters. The summed E-state index contributed by atoms with van der Waals surface area (Å²) in [4.78, 5) is 0. The number of aromatic nitrogens is 4. The molecule has 0 amide bonds. The fourth-order valence-electron chi connectivity index (χ4n) is 3.07. The molecule has 1 fully saturated rings. The van der Waals surface area contributed by atoms with Crippen LogP contribution in [0.15, 0.2) is 18.2 Å². The van der Waals surface area contributed by atoms with Gasteiger partial charge in [0.25, 0.3) is 0 Å². The molecule has 0 radical (unpaired) electrons. The molecule has 6 heteroatoms. The van der Waals surface area contributed by atoms with Gasteiger partial charge in [0.1, 0.15) is 5.82 Å². The number of hydrogen-bond acceptors (Lipinski definition) is 4. The Bertz CT molecular complexity index is 604. The molecule has 2 aromatic rings. The quantitative estimate of drug-likeness (QED) is 0.859. The van der Waals surface area contributed by atoms with Gasteiger partial charge in [-0.2, -0.15) is 0 Å². The minimum absolute atomic E-state index is 0.119. The Hall–Kier alpha value is -1.98. The molecular formula is C15H20FN5. The summed E-state index contributed by atoms with van der Waals surface area (Å²) < 4.78 is 15.0. The molecule has 0 saturated heterocycles. The topological polar surface area (TPSA) is 69.6 Å². The van der Waals surface area contributed by atoms with Crippen LogP contribution in [-0.2, 0) is 6.54 Å². The van der Waals surface area contributed by atoms with E-state index in [4.69, 9.17) is 5.73 Å². The van der Waals surface area contributed by atoms with Gasteiger partial charge in [0.2, 0.25) is 0 Å². The highest BCUT2D eigenvalue weighted by Gasteiger charge is 2.15. The zero-order valence-corrected chi connectivity index (χ0v) is 12.0. The number of halogens is 1. The molecule has 0 aliphatic heterocycles. The van der Waals surface area contributed by atoms with E-state index >= 15 is 0 Å². The molecule has 2 N–H and O–H groups in total. The van der Waals surface area contributed by atoms with Crippen LogP contribution in [0.1, 0.15) is 38.5 Å². The summed E-state index contributed by atoms with van der Waals surface area (Å²) in [6.07, 6.45) is 7.75. The van der Waals surface area contributed by atoms with Crippen LogP contribution in [0.5, 0.6) is 0 Å². The van der Waals surface area contributed by atoms with E-state index in [1.165, 1.54) is 38.2 Å². The zero-order chi connectivity index (χ0) is 14.7. The summed E-state index contributed by atoms with van der Waals surface area (Å²) in [5.41, 5.74) is 6.48. The third-order valence-electron chi connectivity index (χ3n) is 4.24. The number of nitrogen functional groups attached to an aromatic ring is 1. The van der Waals surface area contributed by atoms with Crippen LogP contribution >= 0.6 is 0 Å². The average molecular weight is 289 g/mol. The molecule has 0 bridgehead atoms. The van der Waals surface area contributed by atoms with Crippen molar-refractivity contribution in [2.45, 2.75) is 45.1 Å². The lowest BCUT2D eigenvalue weighted by Gasteiger charge is -2.09. The van der Waals surface area contributed by atoms with Crippen molar-refractivity contribution < 1.29 is 4.39 Å². The Kier molecular flexibility index (Phi) is 4.13. The van der Waals surface area contributed by atoms with Crippen LogP contribution in [0.3, 0.4) is 0 Å². The second-order valence-corrected chi connectivity index (χ2v) is 5.75. The molecule has 1 aromatic carbocycles. The smallest absolute Gasteiger partial charge is 0.182 e. The van der Waals surface area contributed by atoms with Crippen LogP contribution < -0.4 is 5.73 Å². The monoisotopic (exact) mass is 289 g/mol. The summed E-state index contributed by atoms with van der Waals surface area (Å²) in [6.45, 7) is 0.788. The summed E-state index contributed by atoms with van der Waals surface area (Å²) in [5, 5.41) is 11.8. The van der Waals surface area contributed by atoms with Crippen molar-refractivity contribution in [3.05, 3.63) is 24.0 Å². The Balaban J connectivity index is 1.66. The van der Waals surface area contributed by atoms with Gasteiger partial charge >= 0.3 is 0 Å². The van der Waals surface area contributed by atoms with Crippen molar-refractivity contribution in [1.29, 1.82) is 0 Å². The van der Waals surface area contributed by atoms with E-state index in [9.17, 15) is 4.39 Å². The molecule has 3 rings (SSSR count). The van der Waals surface area contributed by atoms with Crippen molar-refractivity contribution in [3.63, 3.8) is 0 Å². The van der Waals surface area contributed by atoms with Crippen LogP contribution in [0.25, 0.3) is 11.4 Å². The largest absolute Gasteiger partial charge is 0.396 e. The number of rotatable bonds is 5. The summed E-state index contributed by atoms with van der Waals surface area (Å²) in [5.74, 6) is 1.10. The summed E-state index contributed by atoms with van der Waals surface area (Å²) in [7, 11) is 0. The van der Waals surface area contributed by atoms with Crippen LogP contribution in [0.4, 0.5) is 10.1 Å². The molecule has 112 valence electrons. The number of hydrogen-bond donors (Lipinski definition) is 1. The molecule has 0 unspecified atom stereocenters. The van der Waals surface area contributed by atoms with E-state index in [1.807, 2.05) is 0 Å². The van der Waals surface area contributed by atoms with E-state index < -0.39 is 5.82 Å². The molecule has 1 aromatic heterocycles. The fourth-order valence-corrected chi connectivity index (χ4v) is 3.07. The number of benzene rings is 1. The van der Waals surface area contributed by atoms with Gasteiger partial charge < -0.3 is 5.73 Å². The maximum Gasteiger partial charge on any atom is 0.182 e. The van der Waals surface area contributed by atoms with E-state index in [0.717, 1.165) is 24.4 Å². The number of aryl methyl sites for hydroxylation is 1. The Morgan fingerprint density at radius 3 is 2.86 bits per heavy atom. The van der Waals surface area contributed by atoms with Crippen molar-refractivity contribution in [1.82, 2.24) is 20.2 Å². The molecule has 5 nitrogen and oxygen atoms in total. The lowest BCUT2D eigenvalue weighted by molar-refractivity contribution is 0.444. The minimum Gasteiger partial charge on any atom is -0.396 e. The van der Waals surface area contributed by atoms with Crippen molar-refractivity contribution in [2.24, 2.45) is 5.92 Å². The van der Waals surface area contributed by atoms with Crippen molar-refractivity contribution >= 4 is 5.69 Å². The molecule has 1 aliphatic carbocycles. The maximum atomic E-state index is 13.2. The molecule has 1 aliphatic rings. The molecular weight excluding hydrogens is 269 g/mol. The highest BCUT2D eigenvalue weighted by atomic mass is 19.1. The van der Waals surface area contributed by atoms with Gasteiger partial charge in [0.05, 0.1) is 5.69 Å². The second kappa shape index (κ2) is 6.20.